The van der Waals surface area contributed by atoms with E-state index in [0.29, 0.717) is 0 Å². The first kappa shape index (κ1) is 13.5. The van der Waals surface area contributed by atoms with Gasteiger partial charge in [0, 0.05) is 12.8 Å². The van der Waals surface area contributed by atoms with E-state index in [1.54, 1.807) is 6.08 Å². The maximum absolute atomic E-state index is 11.3. The summed E-state index contributed by atoms with van der Waals surface area (Å²) in [4.78, 5) is 27.7. The molecule has 100 valence electrons. The Morgan fingerprint density at radius 2 is 1.68 bits per heavy atom. The zero-order chi connectivity index (χ0) is 13.8. The van der Waals surface area contributed by atoms with E-state index in [0.717, 1.165) is 10.6 Å². The topological polar surface area (TPSA) is 46.6 Å². The molecule has 1 aromatic rings. The van der Waals surface area contributed by atoms with Crippen LogP contribution in [-0.2, 0) is 14.4 Å². The fourth-order valence-corrected chi connectivity index (χ4v) is 2.11. The summed E-state index contributed by atoms with van der Waals surface area (Å²) >= 11 is 0. The van der Waals surface area contributed by atoms with E-state index in [1.807, 2.05) is 19.9 Å². The number of nitrogens with zero attached hydrogens (tertiary/aromatic N) is 1. The van der Waals surface area contributed by atoms with Crippen LogP contribution >= 0.6 is 0 Å². The van der Waals surface area contributed by atoms with E-state index < -0.39 is 0 Å². The van der Waals surface area contributed by atoms with Crippen LogP contribution in [0.2, 0.25) is 0 Å². The van der Waals surface area contributed by atoms with Crippen molar-refractivity contribution in [2.24, 2.45) is 0 Å². The number of aryl methyl sites for hydroxylation is 2. The summed E-state index contributed by atoms with van der Waals surface area (Å²) in [5, 5.41) is 0.867. The Balaban J connectivity index is 1.90. The van der Waals surface area contributed by atoms with Gasteiger partial charge in [-0.25, -0.2) is 0 Å². The van der Waals surface area contributed by atoms with Crippen molar-refractivity contribution in [3.63, 3.8) is 0 Å². The highest BCUT2D eigenvalue weighted by Gasteiger charge is 2.29. The second kappa shape index (κ2) is 5.80. The van der Waals surface area contributed by atoms with Crippen molar-refractivity contribution >= 4 is 17.9 Å². The zero-order valence-corrected chi connectivity index (χ0v) is 11.2. The molecular weight excluding hydrogens is 242 g/mol. The fourth-order valence-electron chi connectivity index (χ4n) is 2.11. The van der Waals surface area contributed by atoms with Crippen molar-refractivity contribution in [2.45, 2.75) is 26.7 Å². The van der Waals surface area contributed by atoms with Crippen molar-refractivity contribution in [2.75, 3.05) is 6.61 Å². The molecule has 1 aromatic carbocycles. The Morgan fingerprint density at radius 3 is 2.26 bits per heavy atom. The highest BCUT2D eigenvalue weighted by molar-refractivity contribution is 6.00. The van der Waals surface area contributed by atoms with Gasteiger partial charge in [0.1, 0.15) is 0 Å². The van der Waals surface area contributed by atoms with Crippen molar-refractivity contribution in [1.29, 1.82) is 0 Å². The van der Waals surface area contributed by atoms with E-state index in [4.69, 9.17) is 4.84 Å². The monoisotopic (exact) mass is 259 g/mol. The Hall–Kier alpha value is -1.94. The first-order chi connectivity index (χ1) is 9.06. The summed E-state index contributed by atoms with van der Waals surface area (Å²) in [6.45, 7) is 4.30. The van der Waals surface area contributed by atoms with Crippen LogP contribution in [0.15, 0.2) is 24.3 Å². The molecule has 2 rings (SSSR count). The zero-order valence-electron chi connectivity index (χ0n) is 11.2. The van der Waals surface area contributed by atoms with E-state index in [9.17, 15) is 9.59 Å². The summed E-state index contributed by atoms with van der Waals surface area (Å²) in [6.07, 6.45) is 4.22. The molecule has 0 spiro atoms. The minimum atomic E-state index is -0.259. The molecule has 2 amide bonds. The van der Waals surface area contributed by atoms with E-state index in [2.05, 4.69) is 18.2 Å². The van der Waals surface area contributed by atoms with Crippen LogP contribution in [0.5, 0.6) is 0 Å². The molecule has 1 heterocycles. The van der Waals surface area contributed by atoms with Crippen molar-refractivity contribution in [3.05, 3.63) is 41.0 Å². The number of amides is 2. The maximum atomic E-state index is 11.3. The van der Waals surface area contributed by atoms with E-state index >= 15 is 0 Å². The van der Waals surface area contributed by atoms with Crippen LogP contribution in [0.25, 0.3) is 6.08 Å². The van der Waals surface area contributed by atoms with Crippen LogP contribution in [0.3, 0.4) is 0 Å². The van der Waals surface area contributed by atoms with Gasteiger partial charge in [-0.3, -0.25) is 14.4 Å². The second-order valence-electron chi connectivity index (χ2n) is 4.70. The molecule has 4 heteroatoms. The predicted molar refractivity (Wildman–Crippen MR) is 72.0 cm³/mol. The molecule has 0 saturated carbocycles. The molecule has 0 N–H and O–H groups in total. The van der Waals surface area contributed by atoms with Crippen LogP contribution in [0.1, 0.15) is 29.5 Å². The molecule has 0 atom stereocenters. The van der Waals surface area contributed by atoms with Gasteiger partial charge in [-0.05, 0) is 19.4 Å². The average molecular weight is 259 g/mol. The van der Waals surface area contributed by atoms with E-state index in [-0.39, 0.29) is 31.3 Å². The summed E-state index contributed by atoms with van der Waals surface area (Å²) in [5.74, 6) is -0.519. The number of benzene rings is 1. The van der Waals surface area contributed by atoms with Crippen molar-refractivity contribution in [3.8, 4) is 0 Å². The van der Waals surface area contributed by atoms with Crippen molar-refractivity contribution in [1.82, 2.24) is 5.06 Å². The largest absolute Gasteiger partial charge is 0.272 e. The third-order valence-corrected chi connectivity index (χ3v) is 2.86. The maximum Gasteiger partial charge on any atom is 0.254 e. The third kappa shape index (κ3) is 3.51. The van der Waals surface area contributed by atoms with Gasteiger partial charge in [0.05, 0.1) is 6.61 Å². The summed E-state index contributed by atoms with van der Waals surface area (Å²) in [7, 11) is 0. The first-order valence-corrected chi connectivity index (χ1v) is 6.30. The van der Waals surface area contributed by atoms with Gasteiger partial charge in [0.2, 0.25) is 0 Å². The lowest BCUT2D eigenvalue weighted by atomic mass is 10.1. The summed E-state index contributed by atoms with van der Waals surface area (Å²) in [5.41, 5.74) is 3.48. The van der Waals surface area contributed by atoms with Crippen LogP contribution in [0.4, 0.5) is 0 Å². The minimum Gasteiger partial charge on any atom is -0.272 e. The first-order valence-electron chi connectivity index (χ1n) is 6.30. The molecule has 1 aliphatic heterocycles. The lowest BCUT2D eigenvalue weighted by Gasteiger charge is -2.11. The second-order valence-corrected chi connectivity index (χ2v) is 4.70. The lowest BCUT2D eigenvalue weighted by molar-refractivity contribution is -0.184. The van der Waals surface area contributed by atoms with Gasteiger partial charge < -0.3 is 0 Å². The SMILES string of the molecule is Cc1cc(C)cc(/C=C/CON2C(=O)CCC2=O)c1. The van der Waals surface area contributed by atoms with Gasteiger partial charge in [0.15, 0.2) is 0 Å². The summed E-state index contributed by atoms with van der Waals surface area (Å²) < 4.78 is 0. The molecule has 0 radical (unpaired) electrons. The quantitative estimate of drug-likeness (QED) is 0.780. The number of carbonyl (C=O) groups excluding carboxylic acids is 2. The Morgan fingerprint density at radius 1 is 1.11 bits per heavy atom. The number of rotatable bonds is 4. The average Bonchev–Trinajstić information content (AvgIpc) is 2.64. The fraction of sp³-hybridized carbons (Fsp3) is 0.333. The predicted octanol–water partition coefficient (Wildman–Crippen LogP) is 2.40. The molecule has 19 heavy (non-hydrogen) atoms. The Kier molecular flexibility index (Phi) is 4.12. The molecule has 4 nitrogen and oxygen atoms in total. The molecular formula is C15H17NO3. The van der Waals surface area contributed by atoms with Crippen LogP contribution in [0, 0.1) is 13.8 Å². The minimum absolute atomic E-state index is 0.213. The van der Waals surface area contributed by atoms with Gasteiger partial charge in [0.25, 0.3) is 11.8 Å². The Bertz CT molecular complexity index is 498. The summed E-state index contributed by atoms with van der Waals surface area (Å²) in [6, 6.07) is 6.24. The molecule has 0 unspecified atom stereocenters. The molecule has 0 aliphatic carbocycles. The highest BCUT2D eigenvalue weighted by atomic mass is 16.7. The van der Waals surface area contributed by atoms with E-state index in [1.165, 1.54) is 11.1 Å². The van der Waals surface area contributed by atoms with Gasteiger partial charge >= 0.3 is 0 Å². The molecule has 0 bridgehead atoms. The third-order valence-electron chi connectivity index (χ3n) is 2.86. The molecule has 1 aliphatic rings. The molecule has 1 fully saturated rings. The highest BCUT2D eigenvalue weighted by Crippen LogP contribution is 2.13. The smallest absolute Gasteiger partial charge is 0.254 e. The lowest BCUT2D eigenvalue weighted by Crippen LogP contribution is -2.29. The van der Waals surface area contributed by atoms with Crippen molar-refractivity contribution < 1.29 is 14.4 Å². The van der Waals surface area contributed by atoms with Crippen LogP contribution < -0.4 is 0 Å². The van der Waals surface area contributed by atoms with Gasteiger partial charge in [-0.15, -0.1) is 0 Å². The molecule has 1 saturated heterocycles. The number of hydrogen-bond acceptors (Lipinski definition) is 3. The number of hydrogen-bond donors (Lipinski definition) is 0. The van der Waals surface area contributed by atoms with Gasteiger partial charge in [-0.1, -0.05) is 41.5 Å². The number of carbonyl (C=O) groups is 2. The molecule has 0 aromatic heterocycles. The number of hydroxylamine groups is 2. The number of imide groups is 1. The Labute approximate surface area is 112 Å². The normalized spacial score (nSPS) is 15.8. The van der Waals surface area contributed by atoms with Crippen LogP contribution in [-0.4, -0.2) is 23.5 Å². The van der Waals surface area contributed by atoms with Gasteiger partial charge in [-0.2, -0.15) is 5.06 Å². The standard InChI is InChI=1S/C15H17NO3/c1-11-8-12(2)10-13(9-11)4-3-7-19-16-14(17)5-6-15(16)18/h3-4,8-10H,5-7H2,1-2H3/b4-3+.